The summed E-state index contributed by atoms with van der Waals surface area (Å²) >= 11 is 0. The van der Waals surface area contributed by atoms with Crippen molar-refractivity contribution in [1.82, 2.24) is 9.97 Å². The SMILES string of the molecule is CC(=O)N(c1cccnc1)c1cc(N)ccn1. The lowest BCUT2D eigenvalue weighted by molar-refractivity contribution is -0.115. The summed E-state index contributed by atoms with van der Waals surface area (Å²) in [5, 5.41) is 0. The van der Waals surface area contributed by atoms with E-state index in [0.717, 1.165) is 0 Å². The normalized spacial score (nSPS) is 9.94. The lowest BCUT2D eigenvalue weighted by Crippen LogP contribution is -2.23. The van der Waals surface area contributed by atoms with Crippen molar-refractivity contribution in [3.05, 3.63) is 42.9 Å². The molecule has 1 amide bonds. The molecule has 0 saturated heterocycles. The number of anilines is 3. The maximum Gasteiger partial charge on any atom is 0.229 e. The maximum absolute atomic E-state index is 11.7. The zero-order valence-corrected chi connectivity index (χ0v) is 9.37. The van der Waals surface area contributed by atoms with E-state index in [-0.39, 0.29) is 5.91 Å². The van der Waals surface area contributed by atoms with Crippen LogP contribution in [0.5, 0.6) is 0 Å². The molecular weight excluding hydrogens is 216 g/mol. The highest BCUT2D eigenvalue weighted by Crippen LogP contribution is 2.23. The fourth-order valence-electron chi connectivity index (χ4n) is 1.52. The van der Waals surface area contributed by atoms with Gasteiger partial charge in [-0.05, 0) is 18.2 Å². The van der Waals surface area contributed by atoms with Gasteiger partial charge in [-0.25, -0.2) is 4.98 Å². The van der Waals surface area contributed by atoms with E-state index in [9.17, 15) is 4.79 Å². The van der Waals surface area contributed by atoms with Crippen LogP contribution >= 0.6 is 0 Å². The highest BCUT2D eigenvalue weighted by molar-refractivity contribution is 5.98. The smallest absolute Gasteiger partial charge is 0.229 e. The summed E-state index contributed by atoms with van der Waals surface area (Å²) in [6, 6.07) is 6.87. The van der Waals surface area contributed by atoms with Crippen molar-refractivity contribution < 1.29 is 4.79 Å². The van der Waals surface area contributed by atoms with Crippen LogP contribution in [0.2, 0.25) is 0 Å². The van der Waals surface area contributed by atoms with Gasteiger partial charge >= 0.3 is 0 Å². The van der Waals surface area contributed by atoms with Crippen molar-refractivity contribution in [2.24, 2.45) is 0 Å². The second-order valence-corrected chi connectivity index (χ2v) is 3.51. The predicted molar refractivity (Wildman–Crippen MR) is 65.7 cm³/mol. The fourth-order valence-corrected chi connectivity index (χ4v) is 1.52. The highest BCUT2D eigenvalue weighted by atomic mass is 16.2. The number of hydrogen-bond acceptors (Lipinski definition) is 4. The average molecular weight is 228 g/mol. The van der Waals surface area contributed by atoms with Crippen molar-refractivity contribution in [1.29, 1.82) is 0 Å². The minimum Gasteiger partial charge on any atom is -0.399 e. The van der Waals surface area contributed by atoms with Gasteiger partial charge in [0, 0.05) is 31.1 Å². The van der Waals surface area contributed by atoms with Gasteiger partial charge in [0.2, 0.25) is 5.91 Å². The topological polar surface area (TPSA) is 72.1 Å². The molecular formula is C12H12N4O. The summed E-state index contributed by atoms with van der Waals surface area (Å²) in [7, 11) is 0. The largest absolute Gasteiger partial charge is 0.399 e. The van der Waals surface area contributed by atoms with E-state index in [0.29, 0.717) is 17.2 Å². The average Bonchev–Trinajstić information content (AvgIpc) is 2.30. The Bertz CT molecular complexity index is 527. The lowest BCUT2D eigenvalue weighted by Gasteiger charge is -2.19. The van der Waals surface area contributed by atoms with Crippen molar-refractivity contribution in [3.8, 4) is 0 Å². The zero-order chi connectivity index (χ0) is 12.3. The van der Waals surface area contributed by atoms with E-state index >= 15 is 0 Å². The number of aromatic nitrogens is 2. The molecule has 2 N–H and O–H groups in total. The van der Waals surface area contributed by atoms with Crippen LogP contribution in [-0.4, -0.2) is 15.9 Å². The summed E-state index contributed by atoms with van der Waals surface area (Å²) in [5.41, 5.74) is 6.91. The minimum absolute atomic E-state index is 0.142. The Labute approximate surface area is 98.9 Å². The van der Waals surface area contributed by atoms with Crippen LogP contribution in [0.4, 0.5) is 17.2 Å². The molecule has 0 saturated carbocycles. The number of nitrogens with zero attached hydrogens (tertiary/aromatic N) is 3. The number of hydrogen-bond donors (Lipinski definition) is 1. The summed E-state index contributed by atoms with van der Waals surface area (Å²) in [4.78, 5) is 21.3. The van der Waals surface area contributed by atoms with Gasteiger partial charge in [-0.3, -0.25) is 14.7 Å². The molecule has 0 fully saturated rings. The number of pyridine rings is 2. The van der Waals surface area contributed by atoms with Crippen molar-refractivity contribution >= 4 is 23.1 Å². The number of nitrogens with two attached hydrogens (primary N) is 1. The Morgan fingerprint density at radius 2 is 2.18 bits per heavy atom. The molecule has 2 aromatic heterocycles. The quantitative estimate of drug-likeness (QED) is 0.849. The third kappa shape index (κ3) is 2.39. The van der Waals surface area contributed by atoms with E-state index < -0.39 is 0 Å². The van der Waals surface area contributed by atoms with Gasteiger partial charge in [0.05, 0.1) is 11.9 Å². The molecule has 5 heteroatoms. The zero-order valence-electron chi connectivity index (χ0n) is 9.37. The van der Waals surface area contributed by atoms with E-state index in [4.69, 9.17) is 5.73 Å². The number of rotatable bonds is 2. The van der Waals surface area contributed by atoms with Crippen LogP contribution < -0.4 is 10.6 Å². The van der Waals surface area contributed by atoms with E-state index in [1.807, 2.05) is 0 Å². The Kier molecular flexibility index (Phi) is 3.00. The van der Waals surface area contributed by atoms with Gasteiger partial charge in [-0.15, -0.1) is 0 Å². The Balaban J connectivity index is 2.47. The second-order valence-electron chi connectivity index (χ2n) is 3.51. The fraction of sp³-hybridized carbons (Fsp3) is 0.0833. The van der Waals surface area contributed by atoms with Crippen molar-refractivity contribution in [3.63, 3.8) is 0 Å². The van der Waals surface area contributed by atoms with Crippen molar-refractivity contribution in [2.75, 3.05) is 10.6 Å². The van der Waals surface area contributed by atoms with Crippen molar-refractivity contribution in [2.45, 2.75) is 6.92 Å². The van der Waals surface area contributed by atoms with E-state index in [1.54, 1.807) is 42.9 Å². The molecule has 0 spiro atoms. The van der Waals surface area contributed by atoms with Crippen LogP contribution in [0.3, 0.4) is 0 Å². The standard InChI is InChI=1S/C12H12N4O/c1-9(17)16(11-3-2-5-14-8-11)12-7-10(13)4-6-15-12/h2-8H,1H3,(H2,13,15). The van der Waals surface area contributed by atoms with Crippen LogP contribution in [0.15, 0.2) is 42.9 Å². The second kappa shape index (κ2) is 4.61. The highest BCUT2D eigenvalue weighted by Gasteiger charge is 2.15. The lowest BCUT2D eigenvalue weighted by atomic mass is 10.3. The summed E-state index contributed by atoms with van der Waals surface area (Å²) in [6.45, 7) is 1.47. The summed E-state index contributed by atoms with van der Waals surface area (Å²) in [5.74, 6) is 0.349. The van der Waals surface area contributed by atoms with Gasteiger partial charge in [0.25, 0.3) is 0 Å². The number of carbonyl (C=O) groups excluding carboxylic acids is 1. The van der Waals surface area contributed by atoms with E-state index in [1.165, 1.54) is 11.8 Å². The van der Waals surface area contributed by atoms with Gasteiger partial charge in [-0.1, -0.05) is 0 Å². The molecule has 0 atom stereocenters. The first-order valence-corrected chi connectivity index (χ1v) is 5.11. The molecule has 86 valence electrons. The summed E-state index contributed by atoms with van der Waals surface area (Å²) < 4.78 is 0. The van der Waals surface area contributed by atoms with Gasteiger partial charge in [0.15, 0.2) is 0 Å². The Hall–Kier alpha value is -2.43. The first-order valence-electron chi connectivity index (χ1n) is 5.11. The molecule has 0 aliphatic rings. The molecule has 0 radical (unpaired) electrons. The number of nitrogen functional groups attached to an aromatic ring is 1. The molecule has 0 unspecified atom stereocenters. The molecule has 17 heavy (non-hydrogen) atoms. The molecule has 0 aromatic carbocycles. The van der Waals surface area contributed by atoms with Gasteiger partial charge in [0.1, 0.15) is 5.82 Å². The first-order chi connectivity index (χ1) is 8.18. The van der Waals surface area contributed by atoms with E-state index in [2.05, 4.69) is 9.97 Å². The first kappa shape index (κ1) is 11.1. The molecule has 2 rings (SSSR count). The third-order valence-corrected chi connectivity index (χ3v) is 2.22. The summed E-state index contributed by atoms with van der Waals surface area (Å²) in [6.07, 6.45) is 4.82. The minimum atomic E-state index is -0.142. The number of amides is 1. The Morgan fingerprint density at radius 1 is 1.35 bits per heavy atom. The van der Waals surface area contributed by atoms with Crippen LogP contribution in [0.1, 0.15) is 6.92 Å². The van der Waals surface area contributed by atoms with Gasteiger partial charge in [-0.2, -0.15) is 0 Å². The number of carbonyl (C=O) groups is 1. The molecule has 0 bridgehead atoms. The van der Waals surface area contributed by atoms with Gasteiger partial charge < -0.3 is 5.73 Å². The monoisotopic (exact) mass is 228 g/mol. The van der Waals surface area contributed by atoms with Crippen LogP contribution in [-0.2, 0) is 4.79 Å². The van der Waals surface area contributed by atoms with Crippen LogP contribution in [0.25, 0.3) is 0 Å². The molecule has 2 heterocycles. The molecule has 0 aliphatic carbocycles. The predicted octanol–water partition coefficient (Wildman–Crippen LogP) is 1.74. The molecule has 5 nitrogen and oxygen atoms in total. The Morgan fingerprint density at radius 3 is 2.76 bits per heavy atom. The molecule has 0 aliphatic heterocycles. The van der Waals surface area contributed by atoms with Crippen LogP contribution in [0, 0.1) is 0 Å². The molecule has 2 aromatic rings. The maximum atomic E-state index is 11.7. The third-order valence-electron chi connectivity index (χ3n) is 2.22.